The Hall–Kier alpha value is -1.41. The number of aliphatic hydroxyl groups excluding tert-OH is 7. The predicted octanol–water partition coefficient (Wildman–Crippen LogP) is 7.45. The molecule has 57 heavy (non-hydrogen) atoms. The molecule has 1 rings (SSSR count). The van der Waals surface area contributed by atoms with E-state index in [0.29, 0.717) is 19.3 Å². The van der Waals surface area contributed by atoms with Crippen LogP contribution in [0, 0.1) is 0 Å². The van der Waals surface area contributed by atoms with E-state index in [0.717, 1.165) is 25.7 Å². The Balaban J connectivity index is 2.47. The maximum Gasteiger partial charge on any atom is 0.249 e. The van der Waals surface area contributed by atoms with Gasteiger partial charge in [-0.1, -0.05) is 186 Å². The molecular weight excluding hydrogens is 727 g/mol. The lowest BCUT2D eigenvalue weighted by molar-refractivity contribution is -0.303. The fraction of sp³-hybridized carbons (Fsp3) is 0.891. The Kier molecular flexibility index (Phi) is 34.3. The van der Waals surface area contributed by atoms with Gasteiger partial charge in [0.05, 0.1) is 25.4 Å². The van der Waals surface area contributed by atoms with E-state index in [4.69, 9.17) is 9.47 Å². The zero-order valence-electron chi connectivity index (χ0n) is 36.1. The average Bonchev–Trinajstić information content (AvgIpc) is 3.21. The van der Waals surface area contributed by atoms with Crippen molar-refractivity contribution in [1.29, 1.82) is 0 Å². The normalized spacial score (nSPS) is 22.3. The van der Waals surface area contributed by atoms with Crippen LogP contribution in [-0.2, 0) is 14.3 Å². The van der Waals surface area contributed by atoms with Crippen molar-refractivity contribution in [3.8, 4) is 0 Å². The Labute approximate surface area is 346 Å². The van der Waals surface area contributed by atoms with Gasteiger partial charge in [-0.15, -0.1) is 0 Å². The third-order valence-electron chi connectivity index (χ3n) is 11.3. The summed E-state index contributed by atoms with van der Waals surface area (Å²) < 4.78 is 11.1. The molecule has 1 heterocycles. The summed E-state index contributed by atoms with van der Waals surface area (Å²) in [5.41, 5.74) is 0. The Morgan fingerprint density at radius 2 is 1.11 bits per heavy atom. The highest BCUT2D eigenvalue weighted by molar-refractivity contribution is 5.81. The molecule has 1 saturated heterocycles. The minimum absolute atomic E-state index is 0.0509. The number of carbonyl (C=O) groups excluding carboxylic acids is 1. The van der Waals surface area contributed by atoms with Crippen LogP contribution in [0.4, 0.5) is 0 Å². The average molecular weight is 814 g/mol. The second-order valence-corrected chi connectivity index (χ2v) is 16.5. The molecule has 0 saturated carbocycles. The van der Waals surface area contributed by atoms with E-state index < -0.39 is 74.2 Å². The van der Waals surface area contributed by atoms with Crippen LogP contribution >= 0.6 is 0 Å². The fourth-order valence-electron chi connectivity index (χ4n) is 7.37. The molecule has 9 atom stereocenters. The van der Waals surface area contributed by atoms with Gasteiger partial charge in [0.1, 0.15) is 36.6 Å². The lowest BCUT2D eigenvalue weighted by atomic mass is 9.98. The van der Waals surface area contributed by atoms with Gasteiger partial charge in [-0.25, -0.2) is 0 Å². The first-order valence-electron chi connectivity index (χ1n) is 23.2. The maximum atomic E-state index is 13.0. The third-order valence-corrected chi connectivity index (χ3v) is 11.3. The SMILES string of the molecule is CCCCCCCC/C=C\C/C=C\CC(O)C(=O)NC(COC1OC(CO)C(O)C(O)C1O)C(O)C(O)CCCCCCCCCCCCCCCCCCCC. The second-order valence-electron chi connectivity index (χ2n) is 16.5. The van der Waals surface area contributed by atoms with Crippen LogP contribution in [0.1, 0.15) is 194 Å². The molecule has 1 amide bonds. The molecule has 0 bridgehead atoms. The van der Waals surface area contributed by atoms with Crippen LogP contribution in [0.2, 0.25) is 0 Å². The molecule has 0 spiro atoms. The highest BCUT2D eigenvalue weighted by atomic mass is 16.7. The molecule has 336 valence electrons. The van der Waals surface area contributed by atoms with Gasteiger partial charge >= 0.3 is 0 Å². The van der Waals surface area contributed by atoms with Crippen LogP contribution < -0.4 is 5.32 Å². The van der Waals surface area contributed by atoms with Gasteiger partial charge < -0.3 is 50.5 Å². The van der Waals surface area contributed by atoms with E-state index >= 15 is 0 Å². The van der Waals surface area contributed by atoms with Crippen molar-refractivity contribution in [2.24, 2.45) is 0 Å². The first-order chi connectivity index (χ1) is 27.7. The maximum absolute atomic E-state index is 13.0. The van der Waals surface area contributed by atoms with Crippen molar-refractivity contribution in [3.63, 3.8) is 0 Å². The van der Waals surface area contributed by atoms with E-state index in [1.165, 1.54) is 128 Å². The summed E-state index contributed by atoms with van der Waals surface area (Å²) in [7, 11) is 0. The first kappa shape index (κ1) is 53.6. The molecule has 0 aromatic heterocycles. The monoisotopic (exact) mass is 814 g/mol. The number of carbonyl (C=O) groups is 1. The van der Waals surface area contributed by atoms with E-state index in [1.54, 1.807) is 6.08 Å². The molecule has 0 aromatic rings. The van der Waals surface area contributed by atoms with Crippen LogP contribution in [0.25, 0.3) is 0 Å². The summed E-state index contributed by atoms with van der Waals surface area (Å²) in [5, 5.41) is 75.5. The van der Waals surface area contributed by atoms with Gasteiger partial charge in [-0.05, 0) is 25.7 Å². The molecule has 1 aliphatic heterocycles. The number of unbranched alkanes of at least 4 members (excludes halogenated alkanes) is 23. The summed E-state index contributed by atoms with van der Waals surface area (Å²) in [6.45, 7) is 3.39. The minimum Gasteiger partial charge on any atom is -0.394 e. The zero-order chi connectivity index (χ0) is 41.9. The summed E-state index contributed by atoms with van der Waals surface area (Å²) in [6, 6.07) is -1.20. The third kappa shape index (κ3) is 26.4. The quantitative estimate of drug-likeness (QED) is 0.0230. The van der Waals surface area contributed by atoms with Crippen molar-refractivity contribution < 1.29 is 50.0 Å². The number of hydrogen-bond donors (Lipinski definition) is 8. The smallest absolute Gasteiger partial charge is 0.249 e. The largest absolute Gasteiger partial charge is 0.394 e. The zero-order valence-corrected chi connectivity index (χ0v) is 36.1. The van der Waals surface area contributed by atoms with Gasteiger partial charge in [-0.3, -0.25) is 4.79 Å². The number of ether oxygens (including phenoxy) is 2. The number of nitrogens with one attached hydrogen (secondary N) is 1. The highest BCUT2D eigenvalue weighted by Gasteiger charge is 2.44. The van der Waals surface area contributed by atoms with E-state index in [1.807, 2.05) is 6.08 Å². The van der Waals surface area contributed by atoms with Crippen molar-refractivity contribution in [1.82, 2.24) is 5.32 Å². The molecule has 9 unspecified atom stereocenters. The molecule has 0 radical (unpaired) electrons. The van der Waals surface area contributed by atoms with Gasteiger partial charge in [0.2, 0.25) is 5.91 Å². The van der Waals surface area contributed by atoms with Gasteiger partial charge in [-0.2, -0.15) is 0 Å². The molecule has 8 N–H and O–H groups in total. The van der Waals surface area contributed by atoms with Crippen molar-refractivity contribution in [2.45, 2.75) is 249 Å². The van der Waals surface area contributed by atoms with E-state index in [9.17, 15) is 40.5 Å². The first-order valence-corrected chi connectivity index (χ1v) is 23.2. The molecule has 0 aliphatic carbocycles. The van der Waals surface area contributed by atoms with Gasteiger partial charge in [0.25, 0.3) is 0 Å². The van der Waals surface area contributed by atoms with Crippen molar-refractivity contribution in [3.05, 3.63) is 24.3 Å². The molecule has 11 heteroatoms. The molecule has 11 nitrogen and oxygen atoms in total. The number of amides is 1. The van der Waals surface area contributed by atoms with E-state index in [2.05, 4.69) is 31.3 Å². The lowest BCUT2D eigenvalue weighted by Crippen LogP contribution is -2.60. The molecular formula is C46H87NO10. The summed E-state index contributed by atoms with van der Waals surface area (Å²) in [5.74, 6) is -0.764. The molecule has 1 fully saturated rings. The van der Waals surface area contributed by atoms with E-state index in [-0.39, 0.29) is 6.42 Å². The number of aliphatic hydroxyl groups is 7. The van der Waals surface area contributed by atoms with Crippen LogP contribution in [-0.4, -0.2) is 110 Å². The number of allylic oxidation sites excluding steroid dienone is 3. The van der Waals surface area contributed by atoms with Gasteiger partial charge in [0, 0.05) is 6.42 Å². The van der Waals surface area contributed by atoms with Crippen LogP contribution in [0.3, 0.4) is 0 Å². The van der Waals surface area contributed by atoms with Crippen molar-refractivity contribution >= 4 is 5.91 Å². The van der Waals surface area contributed by atoms with Crippen LogP contribution in [0.15, 0.2) is 24.3 Å². The molecule has 1 aliphatic rings. The molecule has 0 aromatic carbocycles. The summed E-state index contributed by atoms with van der Waals surface area (Å²) >= 11 is 0. The fourth-order valence-corrected chi connectivity index (χ4v) is 7.37. The lowest BCUT2D eigenvalue weighted by Gasteiger charge is -2.40. The van der Waals surface area contributed by atoms with Crippen LogP contribution in [0.5, 0.6) is 0 Å². The Morgan fingerprint density at radius 3 is 1.61 bits per heavy atom. The Morgan fingerprint density at radius 1 is 0.632 bits per heavy atom. The topological polar surface area (TPSA) is 189 Å². The predicted molar refractivity (Wildman–Crippen MR) is 229 cm³/mol. The minimum atomic E-state index is -1.67. The second kappa shape index (κ2) is 36.4. The highest BCUT2D eigenvalue weighted by Crippen LogP contribution is 2.23. The van der Waals surface area contributed by atoms with Gasteiger partial charge in [0.15, 0.2) is 6.29 Å². The Bertz CT molecular complexity index is 981. The van der Waals surface area contributed by atoms with Crippen molar-refractivity contribution in [2.75, 3.05) is 13.2 Å². The number of rotatable bonds is 38. The summed E-state index contributed by atoms with van der Waals surface area (Å²) in [4.78, 5) is 13.0. The summed E-state index contributed by atoms with van der Waals surface area (Å²) in [6.07, 6.45) is 28.2. The standard InChI is InChI=1S/C46H87NO10/c1-3-5-7-9-11-13-15-17-18-19-20-21-22-24-25-27-29-31-33-38(49)41(51)37(36-56-46-44(54)43(53)42(52)40(35-48)57-46)47-45(55)39(50)34-32-30-28-26-23-16-14-12-10-8-6-4-2/h23,26,30,32,37-44,46,48-54H,3-22,24-25,27-29,31,33-36H2,1-2H3,(H,47,55)/b26-23-,32-30-. The number of hydrogen-bond acceptors (Lipinski definition) is 10.